The standard InChI is InChI=1S/C16H10N4O/c21-16(13-9-19-20-7-6-17-10-15(13)20)12-4-3-11-2-1-5-18-14(11)8-12/h1-10H. The highest BCUT2D eigenvalue weighted by molar-refractivity contribution is 6.14. The molecule has 0 atom stereocenters. The van der Waals surface area contributed by atoms with Crippen LogP contribution in [0.15, 0.2) is 61.3 Å². The first-order chi connectivity index (χ1) is 10.3. The van der Waals surface area contributed by atoms with Gasteiger partial charge in [0.25, 0.3) is 0 Å². The van der Waals surface area contributed by atoms with E-state index in [-0.39, 0.29) is 5.78 Å². The Hall–Kier alpha value is -3.08. The van der Waals surface area contributed by atoms with Crippen LogP contribution in [0, 0.1) is 0 Å². The zero-order valence-electron chi connectivity index (χ0n) is 11.0. The molecule has 0 saturated carbocycles. The minimum atomic E-state index is -0.0782. The summed E-state index contributed by atoms with van der Waals surface area (Å²) in [6.45, 7) is 0. The van der Waals surface area contributed by atoms with Crippen LogP contribution in [0.1, 0.15) is 15.9 Å². The zero-order chi connectivity index (χ0) is 14.2. The Labute approximate surface area is 119 Å². The summed E-state index contributed by atoms with van der Waals surface area (Å²) in [6.07, 6.45) is 8.28. The lowest BCUT2D eigenvalue weighted by Crippen LogP contribution is -2.01. The third-order valence-corrected chi connectivity index (χ3v) is 3.44. The lowest BCUT2D eigenvalue weighted by Gasteiger charge is -2.01. The van der Waals surface area contributed by atoms with Gasteiger partial charge in [-0.15, -0.1) is 0 Å². The maximum Gasteiger partial charge on any atom is 0.196 e. The summed E-state index contributed by atoms with van der Waals surface area (Å²) in [6, 6.07) is 9.36. The molecule has 0 N–H and O–H groups in total. The minimum absolute atomic E-state index is 0.0782. The molecule has 0 radical (unpaired) electrons. The van der Waals surface area contributed by atoms with Gasteiger partial charge < -0.3 is 0 Å². The molecule has 0 aliphatic heterocycles. The van der Waals surface area contributed by atoms with Crippen molar-refractivity contribution in [3.8, 4) is 0 Å². The summed E-state index contributed by atoms with van der Waals surface area (Å²) in [5, 5.41) is 5.18. The number of ketones is 1. The number of fused-ring (bicyclic) bond motifs is 2. The monoisotopic (exact) mass is 274 g/mol. The van der Waals surface area contributed by atoms with Crippen molar-refractivity contribution < 1.29 is 4.79 Å². The molecule has 21 heavy (non-hydrogen) atoms. The predicted molar refractivity (Wildman–Crippen MR) is 78.2 cm³/mol. The van der Waals surface area contributed by atoms with Crippen molar-refractivity contribution in [3.63, 3.8) is 0 Å². The Morgan fingerprint density at radius 1 is 1.10 bits per heavy atom. The van der Waals surface area contributed by atoms with Crippen LogP contribution in [0.4, 0.5) is 0 Å². The first-order valence-electron chi connectivity index (χ1n) is 6.50. The molecule has 5 heteroatoms. The average molecular weight is 274 g/mol. The summed E-state index contributed by atoms with van der Waals surface area (Å²) >= 11 is 0. The number of carbonyl (C=O) groups excluding carboxylic acids is 1. The molecular weight excluding hydrogens is 264 g/mol. The second kappa shape index (κ2) is 4.49. The smallest absolute Gasteiger partial charge is 0.196 e. The number of pyridine rings is 1. The second-order valence-electron chi connectivity index (χ2n) is 4.70. The summed E-state index contributed by atoms with van der Waals surface area (Å²) in [4.78, 5) is 21.0. The number of carbonyl (C=O) groups is 1. The third kappa shape index (κ3) is 1.87. The highest BCUT2D eigenvalue weighted by Gasteiger charge is 2.15. The molecule has 3 aromatic heterocycles. The molecule has 0 amide bonds. The van der Waals surface area contributed by atoms with Gasteiger partial charge in [-0.3, -0.25) is 14.8 Å². The van der Waals surface area contributed by atoms with Gasteiger partial charge in [0, 0.05) is 29.5 Å². The van der Waals surface area contributed by atoms with E-state index in [0.717, 1.165) is 10.9 Å². The van der Waals surface area contributed by atoms with Crippen LogP contribution >= 0.6 is 0 Å². The summed E-state index contributed by atoms with van der Waals surface area (Å²) in [5.41, 5.74) is 2.64. The highest BCUT2D eigenvalue weighted by Crippen LogP contribution is 2.18. The van der Waals surface area contributed by atoms with Crippen LogP contribution in [-0.2, 0) is 0 Å². The average Bonchev–Trinajstić information content (AvgIpc) is 2.98. The third-order valence-electron chi connectivity index (χ3n) is 3.44. The number of aromatic nitrogens is 4. The second-order valence-corrected chi connectivity index (χ2v) is 4.70. The number of rotatable bonds is 2. The fraction of sp³-hybridized carbons (Fsp3) is 0. The lowest BCUT2D eigenvalue weighted by atomic mass is 10.0. The largest absolute Gasteiger partial charge is 0.288 e. The molecule has 0 unspecified atom stereocenters. The Bertz CT molecular complexity index is 974. The molecule has 0 fully saturated rings. The number of benzene rings is 1. The topological polar surface area (TPSA) is 60.2 Å². The quantitative estimate of drug-likeness (QED) is 0.527. The van der Waals surface area contributed by atoms with Gasteiger partial charge in [0.1, 0.15) is 0 Å². The maximum atomic E-state index is 12.7. The summed E-state index contributed by atoms with van der Waals surface area (Å²) in [7, 11) is 0. The van der Waals surface area contributed by atoms with Gasteiger partial charge in [-0.05, 0) is 12.1 Å². The molecule has 4 rings (SSSR count). The van der Waals surface area contributed by atoms with Crippen LogP contribution in [0.2, 0.25) is 0 Å². The highest BCUT2D eigenvalue weighted by atomic mass is 16.1. The molecular formula is C16H10N4O. The van der Waals surface area contributed by atoms with E-state index in [9.17, 15) is 4.79 Å². The van der Waals surface area contributed by atoms with Crippen molar-refractivity contribution in [2.45, 2.75) is 0 Å². The lowest BCUT2D eigenvalue weighted by molar-refractivity contribution is 0.104. The van der Waals surface area contributed by atoms with Crippen molar-refractivity contribution >= 4 is 22.2 Å². The SMILES string of the molecule is O=C(c1ccc2cccnc2c1)c1cnn2ccncc12. The van der Waals surface area contributed by atoms with Gasteiger partial charge in [-0.25, -0.2) is 4.52 Å². The molecule has 0 aliphatic rings. The molecule has 3 heterocycles. The van der Waals surface area contributed by atoms with Crippen molar-refractivity contribution in [1.82, 2.24) is 19.6 Å². The van der Waals surface area contributed by atoms with Crippen LogP contribution in [0.5, 0.6) is 0 Å². The number of hydrogen-bond acceptors (Lipinski definition) is 4. The Morgan fingerprint density at radius 2 is 2.05 bits per heavy atom. The van der Waals surface area contributed by atoms with E-state index in [1.165, 1.54) is 0 Å². The van der Waals surface area contributed by atoms with E-state index in [4.69, 9.17) is 0 Å². The molecule has 0 bridgehead atoms. The van der Waals surface area contributed by atoms with Gasteiger partial charge in [0.05, 0.1) is 29.0 Å². The van der Waals surface area contributed by atoms with Crippen molar-refractivity contribution in [1.29, 1.82) is 0 Å². The fourth-order valence-electron chi connectivity index (χ4n) is 2.37. The van der Waals surface area contributed by atoms with Crippen LogP contribution in [0.3, 0.4) is 0 Å². The normalized spacial score (nSPS) is 11.0. The van der Waals surface area contributed by atoms with E-state index in [1.807, 2.05) is 24.3 Å². The fourth-order valence-corrected chi connectivity index (χ4v) is 2.37. The van der Waals surface area contributed by atoms with E-state index < -0.39 is 0 Å². The first-order valence-corrected chi connectivity index (χ1v) is 6.50. The van der Waals surface area contributed by atoms with Gasteiger partial charge in [0.2, 0.25) is 0 Å². The van der Waals surface area contributed by atoms with Gasteiger partial charge in [0.15, 0.2) is 5.78 Å². The van der Waals surface area contributed by atoms with Crippen molar-refractivity contribution in [3.05, 3.63) is 72.4 Å². The van der Waals surface area contributed by atoms with Crippen LogP contribution < -0.4 is 0 Å². The maximum absolute atomic E-state index is 12.7. The van der Waals surface area contributed by atoms with Crippen LogP contribution in [0.25, 0.3) is 16.4 Å². The molecule has 4 aromatic rings. The van der Waals surface area contributed by atoms with Gasteiger partial charge in [-0.2, -0.15) is 5.10 Å². The molecule has 1 aromatic carbocycles. The Balaban J connectivity index is 1.86. The molecule has 5 nitrogen and oxygen atoms in total. The van der Waals surface area contributed by atoms with Gasteiger partial charge >= 0.3 is 0 Å². The van der Waals surface area contributed by atoms with Crippen molar-refractivity contribution in [2.75, 3.05) is 0 Å². The van der Waals surface area contributed by atoms with Crippen molar-refractivity contribution in [2.24, 2.45) is 0 Å². The summed E-state index contributed by atoms with van der Waals surface area (Å²) < 4.78 is 1.64. The Morgan fingerprint density at radius 3 is 3.00 bits per heavy atom. The van der Waals surface area contributed by atoms with E-state index in [1.54, 1.807) is 41.6 Å². The number of nitrogens with zero attached hydrogens (tertiary/aromatic N) is 4. The van der Waals surface area contributed by atoms with Gasteiger partial charge in [-0.1, -0.05) is 18.2 Å². The number of hydrogen-bond donors (Lipinski definition) is 0. The zero-order valence-corrected chi connectivity index (χ0v) is 11.0. The molecule has 0 spiro atoms. The summed E-state index contributed by atoms with van der Waals surface area (Å²) in [5.74, 6) is -0.0782. The van der Waals surface area contributed by atoms with E-state index >= 15 is 0 Å². The first kappa shape index (κ1) is 11.7. The van der Waals surface area contributed by atoms with E-state index in [0.29, 0.717) is 16.6 Å². The minimum Gasteiger partial charge on any atom is -0.288 e. The van der Waals surface area contributed by atoms with Crippen LogP contribution in [-0.4, -0.2) is 25.4 Å². The molecule has 100 valence electrons. The predicted octanol–water partition coefficient (Wildman–Crippen LogP) is 2.51. The molecule has 0 aliphatic carbocycles. The van der Waals surface area contributed by atoms with E-state index in [2.05, 4.69) is 15.1 Å². The molecule has 0 saturated heterocycles. The Kier molecular flexibility index (Phi) is 2.50.